The molecule has 1 atom stereocenters. The Hall–Kier alpha value is -2.23. The fraction of sp³-hybridized carbons (Fsp3) is 0.571. The number of nitrogens with zero attached hydrogens (tertiary/aromatic N) is 3. The maximum absolute atomic E-state index is 12.5. The maximum Gasteiger partial charge on any atom is 0.401 e. The summed E-state index contributed by atoms with van der Waals surface area (Å²) < 4.78 is 37.4. The minimum atomic E-state index is -4.30. The van der Waals surface area contributed by atoms with Crippen molar-refractivity contribution in [2.45, 2.75) is 25.9 Å². The minimum absolute atomic E-state index is 0.0251. The fourth-order valence-electron chi connectivity index (χ4n) is 2.71. The van der Waals surface area contributed by atoms with Crippen LogP contribution < -0.4 is 5.32 Å². The van der Waals surface area contributed by atoms with Gasteiger partial charge in [-0.3, -0.25) is 19.8 Å². The third kappa shape index (κ3) is 4.88. The van der Waals surface area contributed by atoms with Crippen molar-refractivity contribution in [3.63, 3.8) is 0 Å². The number of aryl methyl sites for hydroxylation is 1. The van der Waals surface area contributed by atoms with Gasteiger partial charge >= 0.3 is 6.18 Å². The van der Waals surface area contributed by atoms with Crippen LogP contribution in [0.2, 0.25) is 0 Å². The number of hydrogen-bond donors (Lipinski definition) is 1. The number of hydrogen-bond acceptors (Lipinski definition) is 5. The zero-order valence-corrected chi connectivity index (χ0v) is 13.0. The van der Waals surface area contributed by atoms with E-state index in [9.17, 15) is 28.1 Å². The van der Waals surface area contributed by atoms with Crippen molar-refractivity contribution in [3.05, 3.63) is 27.9 Å². The van der Waals surface area contributed by atoms with Crippen LogP contribution in [0.3, 0.4) is 0 Å². The van der Waals surface area contributed by atoms with Crippen molar-refractivity contribution in [1.82, 2.24) is 9.88 Å². The molecule has 0 aromatic carbocycles. The number of carbonyl (C=O) groups is 1. The lowest BCUT2D eigenvalue weighted by Gasteiger charge is -2.32. The average molecular weight is 346 g/mol. The van der Waals surface area contributed by atoms with E-state index < -0.39 is 29.5 Å². The smallest absolute Gasteiger partial charge is 0.310 e. The monoisotopic (exact) mass is 346 g/mol. The predicted molar refractivity (Wildman–Crippen MR) is 79.5 cm³/mol. The van der Waals surface area contributed by atoms with Gasteiger partial charge in [0.15, 0.2) is 0 Å². The van der Waals surface area contributed by atoms with E-state index in [1.165, 1.54) is 24.0 Å². The highest BCUT2D eigenvalue weighted by Crippen LogP contribution is 2.24. The van der Waals surface area contributed by atoms with Crippen LogP contribution in [0.1, 0.15) is 18.5 Å². The largest absolute Gasteiger partial charge is 0.401 e. The molecule has 132 valence electrons. The van der Waals surface area contributed by atoms with Crippen molar-refractivity contribution in [2.24, 2.45) is 5.92 Å². The van der Waals surface area contributed by atoms with Gasteiger partial charge < -0.3 is 5.32 Å². The van der Waals surface area contributed by atoms with Gasteiger partial charge in [-0.15, -0.1) is 0 Å². The second-order valence-corrected chi connectivity index (χ2v) is 5.74. The molecule has 1 aromatic heterocycles. The van der Waals surface area contributed by atoms with Gasteiger partial charge in [0.25, 0.3) is 5.69 Å². The van der Waals surface area contributed by atoms with Gasteiger partial charge in [0.1, 0.15) is 11.5 Å². The first kappa shape index (κ1) is 18.1. The number of carbonyl (C=O) groups excluding carboxylic acids is 1. The van der Waals surface area contributed by atoms with E-state index in [1.807, 2.05) is 0 Å². The minimum Gasteiger partial charge on any atom is -0.310 e. The summed E-state index contributed by atoms with van der Waals surface area (Å²) in [5.74, 6) is -0.850. The van der Waals surface area contributed by atoms with E-state index in [0.29, 0.717) is 19.4 Å². The third-order valence-electron chi connectivity index (χ3n) is 3.79. The Kier molecular flexibility index (Phi) is 5.37. The van der Waals surface area contributed by atoms with Gasteiger partial charge in [-0.1, -0.05) is 0 Å². The van der Waals surface area contributed by atoms with Crippen molar-refractivity contribution < 1.29 is 22.9 Å². The molecule has 0 saturated carbocycles. The predicted octanol–water partition coefficient (Wildman–Crippen LogP) is 2.51. The molecule has 0 bridgehead atoms. The van der Waals surface area contributed by atoms with Crippen molar-refractivity contribution in [2.75, 3.05) is 25.0 Å². The van der Waals surface area contributed by atoms with Gasteiger partial charge in [-0.05, 0) is 32.4 Å². The highest BCUT2D eigenvalue weighted by Gasteiger charge is 2.34. The number of halogens is 3. The molecule has 1 fully saturated rings. The second kappa shape index (κ2) is 7.12. The lowest BCUT2D eigenvalue weighted by molar-refractivity contribution is -0.385. The lowest BCUT2D eigenvalue weighted by Crippen LogP contribution is -2.44. The number of amides is 1. The Morgan fingerprint density at radius 3 is 2.79 bits per heavy atom. The number of anilines is 1. The summed E-state index contributed by atoms with van der Waals surface area (Å²) in [5, 5.41) is 13.3. The maximum atomic E-state index is 12.5. The second-order valence-electron chi connectivity index (χ2n) is 5.74. The Bertz CT molecular complexity index is 636. The highest BCUT2D eigenvalue weighted by molar-refractivity contribution is 5.92. The van der Waals surface area contributed by atoms with Crippen LogP contribution in [0.4, 0.5) is 24.7 Å². The van der Waals surface area contributed by atoms with E-state index >= 15 is 0 Å². The standard InChI is InChI=1S/C14H17F3N4O3/c1-9-11(21(23)24)4-5-12(18-9)19-13(22)10-3-2-6-20(7-10)8-14(15,16)17/h4-5,10H,2-3,6-8H2,1H3,(H,18,19,22). The fourth-order valence-corrected chi connectivity index (χ4v) is 2.71. The molecule has 1 saturated heterocycles. The van der Waals surface area contributed by atoms with Gasteiger partial charge in [0, 0.05) is 12.6 Å². The van der Waals surface area contributed by atoms with Gasteiger partial charge in [0.05, 0.1) is 17.4 Å². The zero-order valence-electron chi connectivity index (χ0n) is 13.0. The summed E-state index contributed by atoms with van der Waals surface area (Å²) in [6.07, 6.45) is -3.30. The SMILES string of the molecule is Cc1nc(NC(=O)C2CCCN(CC(F)(F)F)C2)ccc1[N+](=O)[O-]. The number of nitro groups is 1. The molecule has 1 aromatic rings. The summed E-state index contributed by atoms with van der Waals surface area (Å²) >= 11 is 0. The molecule has 7 nitrogen and oxygen atoms in total. The van der Waals surface area contributed by atoms with E-state index in [-0.39, 0.29) is 23.7 Å². The summed E-state index contributed by atoms with van der Waals surface area (Å²) in [7, 11) is 0. The molecule has 1 aliphatic rings. The Labute approximate surface area is 136 Å². The summed E-state index contributed by atoms with van der Waals surface area (Å²) in [4.78, 5) is 27.5. The molecule has 1 N–H and O–H groups in total. The molecule has 0 radical (unpaired) electrons. The summed E-state index contributed by atoms with van der Waals surface area (Å²) in [6, 6.07) is 2.54. The third-order valence-corrected chi connectivity index (χ3v) is 3.79. The van der Waals surface area contributed by atoms with Crippen LogP contribution in [0.15, 0.2) is 12.1 Å². The Morgan fingerprint density at radius 1 is 1.50 bits per heavy atom. The van der Waals surface area contributed by atoms with Crippen molar-refractivity contribution in [3.8, 4) is 0 Å². The summed E-state index contributed by atoms with van der Waals surface area (Å²) in [5.41, 5.74) is -0.0119. The van der Waals surface area contributed by atoms with Crippen molar-refractivity contribution >= 4 is 17.4 Å². The molecule has 0 aliphatic carbocycles. The quantitative estimate of drug-likeness (QED) is 0.668. The normalized spacial score (nSPS) is 19.1. The molecular weight excluding hydrogens is 329 g/mol. The molecule has 10 heteroatoms. The number of alkyl halides is 3. The van der Waals surface area contributed by atoms with E-state index in [0.717, 1.165) is 0 Å². The number of piperidine rings is 1. The topological polar surface area (TPSA) is 88.4 Å². The number of pyridine rings is 1. The van der Waals surface area contributed by atoms with Crippen LogP contribution in [0, 0.1) is 23.0 Å². The van der Waals surface area contributed by atoms with Crippen LogP contribution in [0.25, 0.3) is 0 Å². The van der Waals surface area contributed by atoms with Crippen LogP contribution in [0.5, 0.6) is 0 Å². The van der Waals surface area contributed by atoms with Crippen LogP contribution in [-0.2, 0) is 4.79 Å². The molecule has 1 amide bonds. The average Bonchev–Trinajstić information content (AvgIpc) is 2.45. The van der Waals surface area contributed by atoms with Crippen molar-refractivity contribution in [1.29, 1.82) is 0 Å². The van der Waals surface area contributed by atoms with Gasteiger partial charge in [0.2, 0.25) is 5.91 Å². The molecule has 24 heavy (non-hydrogen) atoms. The van der Waals surface area contributed by atoms with Gasteiger partial charge in [-0.25, -0.2) is 4.98 Å². The van der Waals surface area contributed by atoms with Crippen LogP contribution in [-0.4, -0.2) is 46.5 Å². The Balaban J connectivity index is 1.99. The number of nitrogens with one attached hydrogen (secondary N) is 1. The summed E-state index contributed by atoms with van der Waals surface area (Å²) in [6.45, 7) is 0.737. The lowest BCUT2D eigenvalue weighted by atomic mass is 9.97. The zero-order chi connectivity index (χ0) is 17.9. The molecule has 1 aliphatic heterocycles. The highest BCUT2D eigenvalue weighted by atomic mass is 19.4. The molecular formula is C14H17F3N4O3. The number of rotatable bonds is 4. The first-order chi connectivity index (χ1) is 11.2. The van der Waals surface area contributed by atoms with Gasteiger partial charge in [-0.2, -0.15) is 13.2 Å². The number of aromatic nitrogens is 1. The Morgan fingerprint density at radius 2 is 2.21 bits per heavy atom. The van der Waals surface area contributed by atoms with E-state index in [4.69, 9.17) is 0 Å². The first-order valence-electron chi connectivity index (χ1n) is 7.38. The van der Waals surface area contributed by atoms with E-state index in [1.54, 1.807) is 0 Å². The van der Waals surface area contributed by atoms with E-state index in [2.05, 4.69) is 10.3 Å². The molecule has 1 unspecified atom stereocenters. The first-order valence-corrected chi connectivity index (χ1v) is 7.38. The molecule has 0 spiro atoms. The molecule has 2 rings (SSSR count). The molecule has 2 heterocycles. The van der Waals surface area contributed by atoms with Crippen LogP contribution >= 0.6 is 0 Å². The number of likely N-dealkylation sites (tertiary alicyclic amines) is 1.